The van der Waals surface area contributed by atoms with Crippen LogP contribution in [0.15, 0.2) is 75.0 Å². The number of rotatable bonds is 7. The number of aliphatic imine (C=N–C) groups is 1. The monoisotopic (exact) mass is 591 g/mol. The number of esters is 1. The quantitative estimate of drug-likeness (QED) is 0.248. The van der Waals surface area contributed by atoms with Crippen molar-refractivity contribution in [3.8, 4) is 17.6 Å². The maximum Gasteiger partial charge on any atom is 0.337 e. The number of ether oxygens (including phenoxy) is 3. The zero-order chi connectivity index (χ0) is 27.2. The zero-order valence-corrected chi connectivity index (χ0v) is 23.1. The molecule has 3 aromatic carbocycles. The summed E-state index contributed by atoms with van der Waals surface area (Å²) < 4.78 is 17.0. The predicted molar refractivity (Wildman–Crippen MR) is 149 cm³/mol. The molecular formula is C28H22BrN3O5S. The lowest BCUT2D eigenvalue weighted by atomic mass is 10.1. The van der Waals surface area contributed by atoms with E-state index in [0.29, 0.717) is 42.9 Å². The Bertz CT molecular complexity index is 1500. The van der Waals surface area contributed by atoms with E-state index in [9.17, 15) is 9.59 Å². The van der Waals surface area contributed by atoms with Crippen molar-refractivity contribution < 1.29 is 23.8 Å². The van der Waals surface area contributed by atoms with Gasteiger partial charge in [0.25, 0.3) is 5.91 Å². The molecule has 1 saturated heterocycles. The number of methoxy groups -OCH3 is 2. The molecule has 0 unspecified atom stereocenters. The van der Waals surface area contributed by atoms with E-state index < -0.39 is 5.97 Å². The first-order valence-corrected chi connectivity index (χ1v) is 12.9. The minimum Gasteiger partial charge on any atom is -0.493 e. The summed E-state index contributed by atoms with van der Waals surface area (Å²) in [4.78, 5) is 31.3. The molecule has 1 amide bonds. The SMILES string of the molecule is COC(=O)c1cccc(N=C2SC(=Cc3cc(Br)c(OCc4ccc(C#N)cc4)c(OC)c3)C(=O)N2C)c1. The Kier molecular flexibility index (Phi) is 8.51. The highest BCUT2D eigenvalue weighted by molar-refractivity contribution is 9.10. The summed E-state index contributed by atoms with van der Waals surface area (Å²) in [6.45, 7) is 0.289. The molecule has 1 fully saturated rings. The molecular weight excluding hydrogens is 570 g/mol. The van der Waals surface area contributed by atoms with E-state index in [1.54, 1.807) is 62.7 Å². The molecule has 0 aliphatic carbocycles. The van der Waals surface area contributed by atoms with Gasteiger partial charge in [-0.25, -0.2) is 9.79 Å². The number of carbonyl (C=O) groups excluding carboxylic acids is 2. The van der Waals surface area contributed by atoms with Crippen LogP contribution in [0.3, 0.4) is 0 Å². The number of amides is 1. The fraction of sp³-hybridized carbons (Fsp3) is 0.143. The highest BCUT2D eigenvalue weighted by Gasteiger charge is 2.30. The highest BCUT2D eigenvalue weighted by atomic mass is 79.9. The molecule has 192 valence electrons. The van der Waals surface area contributed by atoms with Crippen molar-refractivity contribution in [3.05, 3.63) is 92.3 Å². The van der Waals surface area contributed by atoms with Crippen molar-refractivity contribution in [2.75, 3.05) is 21.3 Å². The topological polar surface area (TPSA) is 101 Å². The number of nitriles is 1. The molecule has 0 spiro atoms. The number of hydrogen-bond donors (Lipinski definition) is 0. The fourth-order valence-electron chi connectivity index (χ4n) is 3.53. The van der Waals surface area contributed by atoms with Crippen molar-refractivity contribution in [2.45, 2.75) is 6.61 Å². The van der Waals surface area contributed by atoms with Crippen molar-refractivity contribution in [2.24, 2.45) is 4.99 Å². The summed E-state index contributed by atoms with van der Waals surface area (Å²) in [5, 5.41) is 9.44. The van der Waals surface area contributed by atoms with E-state index in [-0.39, 0.29) is 12.5 Å². The largest absolute Gasteiger partial charge is 0.493 e. The van der Waals surface area contributed by atoms with Gasteiger partial charge < -0.3 is 14.2 Å². The molecule has 0 radical (unpaired) electrons. The lowest BCUT2D eigenvalue weighted by molar-refractivity contribution is -0.121. The minimum absolute atomic E-state index is 0.200. The number of thioether (sulfide) groups is 1. The van der Waals surface area contributed by atoms with E-state index in [2.05, 4.69) is 27.0 Å². The predicted octanol–water partition coefficient (Wildman–Crippen LogP) is 5.93. The van der Waals surface area contributed by atoms with Gasteiger partial charge in [0.05, 0.1) is 46.5 Å². The van der Waals surface area contributed by atoms with Gasteiger partial charge in [0.2, 0.25) is 0 Å². The third kappa shape index (κ3) is 6.07. The number of carbonyl (C=O) groups is 2. The molecule has 4 rings (SSSR count). The number of halogens is 1. The molecule has 0 aromatic heterocycles. The van der Waals surface area contributed by atoms with Crippen LogP contribution in [0.5, 0.6) is 11.5 Å². The number of nitrogens with zero attached hydrogens (tertiary/aromatic N) is 3. The van der Waals surface area contributed by atoms with Gasteiger partial charge in [-0.15, -0.1) is 0 Å². The normalized spacial score (nSPS) is 15.0. The molecule has 10 heteroatoms. The maximum absolute atomic E-state index is 12.9. The number of likely N-dealkylation sites (N-methyl/N-ethyl adjacent to an activating group) is 1. The van der Waals surface area contributed by atoms with Gasteiger partial charge in [-0.2, -0.15) is 5.26 Å². The summed E-state index contributed by atoms with van der Waals surface area (Å²) in [5.41, 5.74) is 3.13. The third-order valence-electron chi connectivity index (χ3n) is 5.51. The smallest absolute Gasteiger partial charge is 0.337 e. The summed E-state index contributed by atoms with van der Waals surface area (Å²) in [6, 6.07) is 19.6. The van der Waals surface area contributed by atoms with Crippen molar-refractivity contribution >= 4 is 56.5 Å². The molecule has 8 nitrogen and oxygen atoms in total. The first-order valence-electron chi connectivity index (χ1n) is 11.3. The van der Waals surface area contributed by atoms with Crippen LogP contribution in [0.1, 0.15) is 27.0 Å². The van der Waals surface area contributed by atoms with Crippen LogP contribution >= 0.6 is 27.7 Å². The molecule has 1 aliphatic rings. The van der Waals surface area contributed by atoms with Crippen LogP contribution in [0.25, 0.3) is 6.08 Å². The van der Waals surface area contributed by atoms with Gasteiger partial charge in [0, 0.05) is 7.05 Å². The Labute approximate surface area is 232 Å². The van der Waals surface area contributed by atoms with E-state index in [1.165, 1.54) is 23.8 Å². The second-order valence-corrected chi connectivity index (χ2v) is 9.91. The van der Waals surface area contributed by atoms with E-state index >= 15 is 0 Å². The van der Waals surface area contributed by atoms with Crippen LogP contribution in [-0.4, -0.2) is 43.2 Å². The molecule has 3 aromatic rings. The molecule has 38 heavy (non-hydrogen) atoms. The molecule has 1 aliphatic heterocycles. The second kappa shape index (κ2) is 12.0. The Morgan fingerprint density at radius 1 is 1.16 bits per heavy atom. The molecule has 1 heterocycles. The van der Waals surface area contributed by atoms with Crippen molar-refractivity contribution in [1.29, 1.82) is 5.26 Å². The van der Waals surface area contributed by atoms with Gasteiger partial charge in [-0.3, -0.25) is 9.69 Å². The fourth-order valence-corrected chi connectivity index (χ4v) is 5.09. The molecule has 0 N–H and O–H groups in total. The summed E-state index contributed by atoms with van der Waals surface area (Å²) >= 11 is 4.78. The summed E-state index contributed by atoms with van der Waals surface area (Å²) in [7, 11) is 4.51. The Morgan fingerprint density at radius 2 is 1.92 bits per heavy atom. The lowest BCUT2D eigenvalue weighted by Gasteiger charge is -2.14. The first-order chi connectivity index (χ1) is 18.3. The van der Waals surface area contributed by atoms with Crippen LogP contribution in [0.2, 0.25) is 0 Å². The zero-order valence-electron chi connectivity index (χ0n) is 20.7. The standard InChI is InChI=1S/C28H22BrN3O5S/c1-32-26(33)24(38-28(32)31-21-6-4-5-20(14-21)27(34)36-3)13-19-11-22(29)25(23(12-19)35-2)37-16-18-9-7-17(15-30)8-10-18/h4-14H,16H2,1-3H3. The number of benzene rings is 3. The summed E-state index contributed by atoms with van der Waals surface area (Å²) in [6.07, 6.45) is 1.76. The highest BCUT2D eigenvalue weighted by Crippen LogP contribution is 2.39. The van der Waals surface area contributed by atoms with Gasteiger partial charge in [-0.1, -0.05) is 18.2 Å². The average Bonchev–Trinajstić information content (AvgIpc) is 3.19. The maximum atomic E-state index is 12.9. The van der Waals surface area contributed by atoms with Crippen molar-refractivity contribution in [1.82, 2.24) is 4.90 Å². The lowest BCUT2D eigenvalue weighted by Crippen LogP contribution is -2.23. The van der Waals surface area contributed by atoms with E-state index in [1.807, 2.05) is 18.2 Å². The second-order valence-electron chi connectivity index (χ2n) is 8.04. The van der Waals surface area contributed by atoms with Gasteiger partial charge >= 0.3 is 5.97 Å². The van der Waals surface area contributed by atoms with Crippen LogP contribution in [0.4, 0.5) is 5.69 Å². The number of amidine groups is 1. The Morgan fingerprint density at radius 3 is 2.61 bits per heavy atom. The van der Waals surface area contributed by atoms with Crippen LogP contribution in [-0.2, 0) is 16.1 Å². The Hall–Kier alpha value is -4.07. The third-order valence-corrected chi connectivity index (χ3v) is 7.16. The van der Waals surface area contributed by atoms with Crippen LogP contribution < -0.4 is 9.47 Å². The number of hydrogen-bond acceptors (Lipinski definition) is 8. The average molecular weight is 592 g/mol. The first kappa shape index (κ1) is 27.0. The molecule has 0 saturated carbocycles. The van der Waals surface area contributed by atoms with Crippen molar-refractivity contribution in [3.63, 3.8) is 0 Å². The Balaban J connectivity index is 1.55. The van der Waals surface area contributed by atoms with E-state index in [4.69, 9.17) is 19.5 Å². The molecule has 0 bridgehead atoms. The minimum atomic E-state index is -0.458. The van der Waals surface area contributed by atoms with Gasteiger partial charge in [0.15, 0.2) is 16.7 Å². The molecule has 0 atom stereocenters. The van der Waals surface area contributed by atoms with E-state index in [0.717, 1.165) is 11.1 Å². The van der Waals surface area contributed by atoms with Gasteiger partial charge in [-0.05, 0) is 87.4 Å². The van der Waals surface area contributed by atoms with Crippen LogP contribution in [0, 0.1) is 11.3 Å². The summed E-state index contributed by atoms with van der Waals surface area (Å²) in [5.74, 6) is 0.362. The van der Waals surface area contributed by atoms with Gasteiger partial charge in [0.1, 0.15) is 6.61 Å².